The van der Waals surface area contributed by atoms with Crippen molar-refractivity contribution in [1.29, 1.82) is 0 Å². The molecule has 94 valence electrons. The van der Waals surface area contributed by atoms with E-state index in [1.54, 1.807) is 0 Å². The Balaban J connectivity index is 1.55. The number of hydrogen-bond donors (Lipinski definition) is 1. The minimum atomic E-state index is 0.690. The first kappa shape index (κ1) is 11.2. The van der Waals surface area contributed by atoms with Crippen LogP contribution in [0.5, 0.6) is 0 Å². The Morgan fingerprint density at radius 2 is 2.29 bits per heavy atom. The summed E-state index contributed by atoms with van der Waals surface area (Å²) in [5.41, 5.74) is 1.29. The predicted octanol–water partition coefficient (Wildman–Crippen LogP) is 1.14. The monoisotopic (exact) mass is 234 g/mol. The second kappa shape index (κ2) is 4.78. The summed E-state index contributed by atoms with van der Waals surface area (Å²) in [5, 5.41) is 7.92. The van der Waals surface area contributed by atoms with Gasteiger partial charge in [0.2, 0.25) is 0 Å². The van der Waals surface area contributed by atoms with Crippen molar-refractivity contribution in [3.63, 3.8) is 0 Å². The van der Waals surface area contributed by atoms with Crippen molar-refractivity contribution in [2.75, 3.05) is 13.1 Å². The number of rotatable bonds is 3. The molecule has 2 unspecified atom stereocenters. The van der Waals surface area contributed by atoms with E-state index in [2.05, 4.69) is 21.5 Å². The molecule has 2 fully saturated rings. The fraction of sp³-hybridized carbons (Fsp3) is 0.769. The molecule has 2 aliphatic rings. The fourth-order valence-electron chi connectivity index (χ4n) is 3.30. The molecular formula is C13H22N4. The predicted molar refractivity (Wildman–Crippen MR) is 67.7 cm³/mol. The summed E-state index contributed by atoms with van der Waals surface area (Å²) >= 11 is 0. The molecule has 4 nitrogen and oxygen atoms in total. The van der Waals surface area contributed by atoms with E-state index in [-0.39, 0.29) is 0 Å². The maximum atomic E-state index is 4.21. The molecule has 3 rings (SSSR count). The van der Waals surface area contributed by atoms with Crippen molar-refractivity contribution < 1.29 is 0 Å². The Bertz CT molecular complexity index is 373. The third-order valence-electron chi connectivity index (χ3n) is 4.18. The van der Waals surface area contributed by atoms with Crippen LogP contribution in [0, 0.1) is 0 Å². The van der Waals surface area contributed by atoms with Crippen LogP contribution in [0.1, 0.15) is 31.2 Å². The second-order valence-corrected chi connectivity index (χ2v) is 5.40. The normalized spacial score (nSPS) is 29.5. The summed E-state index contributed by atoms with van der Waals surface area (Å²) in [5.74, 6) is 0. The number of nitrogens with zero attached hydrogens (tertiary/aromatic N) is 3. The van der Waals surface area contributed by atoms with Gasteiger partial charge in [0, 0.05) is 44.0 Å². The summed E-state index contributed by atoms with van der Waals surface area (Å²) in [6.07, 6.45) is 9.55. The third-order valence-corrected chi connectivity index (χ3v) is 4.18. The number of aryl methyl sites for hydroxylation is 1. The van der Waals surface area contributed by atoms with Crippen molar-refractivity contribution in [1.82, 2.24) is 20.0 Å². The zero-order chi connectivity index (χ0) is 11.7. The Kier molecular flexibility index (Phi) is 3.16. The van der Waals surface area contributed by atoms with E-state index in [1.165, 1.54) is 44.3 Å². The van der Waals surface area contributed by atoms with Crippen LogP contribution in [0.4, 0.5) is 0 Å². The van der Waals surface area contributed by atoms with Crippen molar-refractivity contribution >= 4 is 0 Å². The van der Waals surface area contributed by atoms with E-state index in [0.29, 0.717) is 6.04 Å². The number of aromatic nitrogens is 2. The van der Waals surface area contributed by atoms with Gasteiger partial charge in [-0.2, -0.15) is 5.10 Å². The summed E-state index contributed by atoms with van der Waals surface area (Å²) in [6, 6.07) is 1.48. The van der Waals surface area contributed by atoms with Gasteiger partial charge in [-0.25, -0.2) is 0 Å². The van der Waals surface area contributed by atoms with Crippen molar-refractivity contribution in [3.05, 3.63) is 18.0 Å². The number of hydrogen-bond acceptors (Lipinski definition) is 3. The molecule has 2 saturated heterocycles. The molecule has 2 aliphatic heterocycles. The lowest BCUT2D eigenvalue weighted by atomic mass is 9.99. The van der Waals surface area contributed by atoms with Crippen LogP contribution in [0.2, 0.25) is 0 Å². The van der Waals surface area contributed by atoms with Crippen LogP contribution in [0.15, 0.2) is 12.4 Å². The molecule has 0 aromatic carbocycles. The fourth-order valence-corrected chi connectivity index (χ4v) is 3.30. The van der Waals surface area contributed by atoms with E-state index in [1.807, 2.05) is 17.9 Å². The van der Waals surface area contributed by atoms with E-state index < -0.39 is 0 Å². The van der Waals surface area contributed by atoms with E-state index >= 15 is 0 Å². The molecule has 0 bridgehead atoms. The smallest absolute Gasteiger partial charge is 0.0534 e. The second-order valence-electron chi connectivity index (χ2n) is 5.40. The average molecular weight is 234 g/mol. The van der Waals surface area contributed by atoms with Crippen LogP contribution in [0.3, 0.4) is 0 Å². The van der Waals surface area contributed by atoms with Crippen LogP contribution in [0.25, 0.3) is 0 Å². The van der Waals surface area contributed by atoms with Gasteiger partial charge in [0.25, 0.3) is 0 Å². The quantitative estimate of drug-likeness (QED) is 0.851. The average Bonchev–Trinajstić information content (AvgIpc) is 2.93. The Hall–Kier alpha value is -0.870. The standard InChI is InChI=1S/C13H22N4/c1-16-10-11(9-15-16)8-14-12-5-7-17-6-3-2-4-13(12)17/h9-10,12-14H,2-8H2,1H3. The minimum Gasteiger partial charge on any atom is -0.308 e. The molecule has 1 aromatic heterocycles. The van der Waals surface area contributed by atoms with Gasteiger partial charge in [0.1, 0.15) is 0 Å². The minimum absolute atomic E-state index is 0.690. The lowest BCUT2D eigenvalue weighted by molar-refractivity contribution is 0.180. The van der Waals surface area contributed by atoms with Crippen LogP contribution >= 0.6 is 0 Å². The number of piperidine rings is 1. The first-order valence-corrected chi connectivity index (χ1v) is 6.78. The lowest BCUT2D eigenvalue weighted by Gasteiger charge is -2.32. The van der Waals surface area contributed by atoms with E-state index in [0.717, 1.165) is 12.6 Å². The molecule has 0 radical (unpaired) electrons. The van der Waals surface area contributed by atoms with Gasteiger partial charge < -0.3 is 5.32 Å². The van der Waals surface area contributed by atoms with Crippen LogP contribution in [-0.2, 0) is 13.6 Å². The molecule has 0 saturated carbocycles. The van der Waals surface area contributed by atoms with Crippen molar-refractivity contribution in [2.45, 2.75) is 44.3 Å². The highest BCUT2D eigenvalue weighted by Gasteiger charge is 2.34. The Morgan fingerprint density at radius 3 is 3.12 bits per heavy atom. The van der Waals surface area contributed by atoms with Crippen molar-refractivity contribution in [2.24, 2.45) is 7.05 Å². The molecule has 2 atom stereocenters. The number of nitrogens with one attached hydrogen (secondary N) is 1. The summed E-state index contributed by atoms with van der Waals surface area (Å²) in [4.78, 5) is 2.67. The van der Waals surface area contributed by atoms with E-state index in [4.69, 9.17) is 0 Å². The van der Waals surface area contributed by atoms with Gasteiger partial charge in [0.05, 0.1) is 6.20 Å². The number of fused-ring (bicyclic) bond motifs is 1. The SMILES string of the molecule is Cn1cc(CNC2CCN3CCCCC23)cn1. The van der Waals surface area contributed by atoms with Gasteiger partial charge in [-0.3, -0.25) is 9.58 Å². The largest absolute Gasteiger partial charge is 0.308 e. The van der Waals surface area contributed by atoms with Gasteiger partial charge in [-0.15, -0.1) is 0 Å². The summed E-state index contributed by atoms with van der Waals surface area (Å²) < 4.78 is 1.87. The maximum absolute atomic E-state index is 4.21. The zero-order valence-corrected chi connectivity index (χ0v) is 10.6. The summed E-state index contributed by atoms with van der Waals surface area (Å²) in [7, 11) is 1.97. The van der Waals surface area contributed by atoms with Crippen LogP contribution < -0.4 is 5.32 Å². The Morgan fingerprint density at radius 1 is 1.35 bits per heavy atom. The van der Waals surface area contributed by atoms with E-state index in [9.17, 15) is 0 Å². The Labute approximate surface area is 103 Å². The highest BCUT2D eigenvalue weighted by atomic mass is 15.2. The third kappa shape index (κ3) is 2.38. The molecule has 0 aliphatic carbocycles. The first-order chi connectivity index (χ1) is 8.33. The topological polar surface area (TPSA) is 33.1 Å². The molecule has 0 spiro atoms. The first-order valence-electron chi connectivity index (χ1n) is 6.78. The lowest BCUT2D eigenvalue weighted by Crippen LogP contribution is -2.44. The van der Waals surface area contributed by atoms with Gasteiger partial charge in [-0.05, 0) is 25.8 Å². The molecular weight excluding hydrogens is 212 g/mol. The molecule has 4 heteroatoms. The highest BCUT2D eigenvalue weighted by molar-refractivity contribution is 5.04. The zero-order valence-electron chi connectivity index (χ0n) is 10.6. The molecule has 17 heavy (non-hydrogen) atoms. The highest BCUT2D eigenvalue weighted by Crippen LogP contribution is 2.27. The molecule has 1 N–H and O–H groups in total. The van der Waals surface area contributed by atoms with Gasteiger partial charge in [-0.1, -0.05) is 6.42 Å². The molecule has 3 heterocycles. The van der Waals surface area contributed by atoms with Gasteiger partial charge in [0.15, 0.2) is 0 Å². The van der Waals surface area contributed by atoms with Crippen molar-refractivity contribution in [3.8, 4) is 0 Å². The van der Waals surface area contributed by atoms with Crippen LogP contribution in [-0.4, -0.2) is 39.9 Å². The maximum Gasteiger partial charge on any atom is 0.0534 e. The molecule has 1 aromatic rings. The molecule has 0 amide bonds. The summed E-state index contributed by atoms with van der Waals surface area (Å²) in [6.45, 7) is 3.56. The van der Waals surface area contributed by atoms with Gasteiger partial charge >= 0.3 is 0 Å².